The molecule has 3 aromatic carbocycles. The van der Waals surface area contributed by atoms with Gasteiger partial charge in [-0.3, -0.25) is 0 Å². The summed E-state index contributed by atoms with van der Waals surface area (Å²) in [7, 11) is 0. The van der Waals surface area contributed by atoms with Crippen molar-refractivity contribution in [2.24, 2.45) is 5.73 Å². The van der Waals surface area contributed by atoms with Crippen molar-refractivity contribution < 1.29 is 0 Å². The third kappa shape index (κ3) is 3.85. The molecular weight excluding hydrogens is 396 g/mol. The Morgan fingerprint density at radius 1 is 0.778 bits per heavy atom. The van der Waals surface area contributed by atoms with Crippen molar-refractivity contribution in [1.82, 2.24) is 4.98 Å². The van der Waals surface area contributed by atoms with Crippen LogP contribution >= 0.6 is 15.9 Å². The maximum absolute atomic E-state index is 5.71. The number of fused-ring (bicyclic) bond motifs is 1. The highest BCUT2D eigenvalue weighted by molar-refractivity contribution is 9.10. The fraction of sp³-hybridized carbons (Fsp3) is 0.167. The summed E-state index contributed by atoms with van der Waals surface area (Å²) in [5.41, 5.74) is 13.2. The van der Waals surface area contributed by atoms with Crippen molar-refractivity contribution in [3.8, 4) is 22.4 Å². The van der Waals surface area contributed by atoms with Gasteiger partial charge in [0.2, 0.25) is 0 Å². The van der Waals surface area contributed by atoms with E-state index in [0.717, 1.165) is 30.3 Å². The predicted molar refractivity (Wildman–Crippen MR) is 119 cm³/mol. The van der Waals surface area contributed by atoms with Gasteiger partial charge in [0.15, 0.2) is 0 Å². The fourth-order valence-corrected chi connectivity index (χ4v) is 3.99. The van der Waals surface area contributed by atoms with Gasteiger partial charge >= 0.3 is 0 Å². The molecule has 1 aromatic heterocycles. The van der Waals surface area contributed by atoms with Crippen LogP contribution in [-0.2, 0) is 6.42 Å². The van der Waals surface area contributed by atoms with Crippen LogP contribution in [-0.4, -0.2) is 11.5 Å². The first-order valence-electron chi connectivity index (χ1n) is 9.42. The average molecular weight is 419 g/mol. The number of aromatic amines is 1. The third-order valence-electron chi connectivity index (χ3n) is 5.03. The van der Waals surface area contributed by atoms with Crippen LogP contribution in [0.25, 0.3) is 33.3 Å². The summed E-state index contributed by atoms with van der Waals surface area (Å²) < 4.78 is 1.11. The van der Waals surface area contributed by atoms with Gasteiger partial charge in [-0.2, -0.15) is 0 Å². The van der Waals surface area contributed by atoms with E-state index in [1.54, 1.807) is 0 Å². The molecular formula is C24H23BrN2. The van der Waals surface area contributed by atoms with Crippen LogP contribution in [0.3, 0.4) is 0 Å². The van der Waals surface area contributed by atoms with Crippen LogP contribution in [0, 0.1) is 0 Å². The van der Waals surface area contributed by atoms with E-state index in [0.29, 0.717) is 0 Å². The summed E-state index contributed by atoms with van der Waals surface area (Å²) in [6.07, 6.45) is 3.18. The molecule has 0 aliphatic carbocycles. The van der Waals surface area contributed by atoms with Crippen LogP contribution in [0.1, 0.15) is 18.4 Å². The van der Waals surface area contributed by atoms with Crippen molar-refractivity contribution in [3.63, 3.8) is 0 Å². The predicted octanol–water partition coefficient (Wildman–Crippen LogP) is 6.55. The number of rotatable bonds is 6. The number of hydrogen-bond acceptors (Lipinski definition) is 1. The first-order valence-corrected chi connectivity index (χ1v) is 10.2. The maximum Gasteiger partial charge on any atom is 0.0497 e. The maximum atomic E-state index is 5.71. The number of benzene rings is 3. The topological polar surface area (TPSA) is 41.8 Å². The summed E-state index contributed by atoms with van der Waals surface area (Å²) in [4.78, 5) is 3.64. The highest BCUT2D eigenvalue weighted by atomic mass is 79.9. The van der Waals surface area contributed by atoms with Gasteiger partial charge in [-0.1, -0.05) is 70.5 Å². The van der Waals surface area contributed by atoms with E-state index in [1.165, 1.54) is 38.9 Å². The molecule has 0 saturated heterocycles. The molecule has 0 aliphatic heterocycles. The molecule has 0 atom stereocenters. The lowest BCUT2D eigenvalue weighted by Gasteiger charge is -2.07. The highest BCUT2D eigenvalue weighted by Crippen LogP contribution is 2.34. The first kappa shape index (κ1) is 18.0. The van der Waals surface area contributed by atoms with Crippen LogP contribution in [0.15, 0.2) is 77.3 Å². The lowest BCUT2D eigenvalue weighted by atomic mass is 9.98. The van der Waals surface area contributed by atoms with Gasteiger partial charge < -0.3 is 10.7 Å². The molecule has 0 amide bonds. The molecule has 27 heavy (non-hydrogen) atoms. The second-order valence-electron chi connectivity index (χ2n) is 6.86. The quantitative estimate of drug-likeness (QED) is 0.342. The fourth-order valence-electron chi connectivity index (χ4n) is 3.63. The van der Waals surface area contributed by atoms with Gasteiger partial charge in [0.05, 0.1) is 0 Å². The monoisotopic (exact) mass is 418 g/mol. The summed E-state index contributed by atoms with van der Waals surface area (Å²) in [6.45, 7) is 0.743. The number of halogens is 1. The van der Waals surface area contributed by atoms with E-state index in [2.05, 4.69) is 87.6 Å². The van der Waals surface area contributed by atoms with Crippen LogP contribution in [0.4, 0.5) is 0 Å². The van der Waals surface area contributed by atoms with E-state index in [9.17, 15) is 0 Å². The number of nitrogens with two attached hydrogens (primary N) is 1. The zero-order valence-electron chi connectivity index (χ0n) is 15.2. The molecule has 2 nitrogen and oxygen atoms in total. The third-order valence-corrected chi connectivity index (χ3v) is 5.52. The summed E-state index contributed by atoms with van der Waals surface area (Å²) in [5.74, 6) is 0. The molecule has 4 rings (SSSR count). The molecule has 4 aromatic rings. The molecule has 0 bridgehead atoms. The minimum Gasteiger partial charge on any atom is -0.354 e. The SMILES string of the molecule is NCCCCc1c(-c2ccc(-c3ccccc3)cc2)[nH]c2ccc(Br)cc12. The molecule has 1 heterocycles. The van der Waals surface area contributed by atoms with Crippen LogP contribution in [0.5, 0.6) is 0 Å². The summed E-state index contributed by atoms with van der Waals surface area (Å²) in [5, 5.41) is 1.29. The largest absolute Gasteiger partial charge is 0.354 e. The zero-order valence-corrected chi connectivity index (χ0v) is 16.8. The van der Waals surface area contributed by atoms with Crippen molar-refractivity contribution in [3.05, 3.63) is 82.8 Å². The average Bonchev–Trinajstić information content (AvgIpc) is 3.07. The minimum absolute atomic E-state index is 0.743. The number of nitrogens with one attached hydrogen (secondary N) is 1. The van der Waals surface area contributed by atoms with Gasteiger partial charge in [0.1, 0.15) is 0 Å². The molecule has 3 N–H and O–H groups in total. The van der Waals surface area contributed by atoms with Crippen molar-refractivity contribution >= 4 is 26.8 Å². The van der Waals surface area contributed by atoms with E-state index in [-0.39, 0.29) is 0 Å². The molecule has 0 saturated carbocycles. The Morgan fingerprint density at radius 3 is 2.22 bits per heavy atom. The highest BCUT2D eigenvalue weighted by Gasteiger charge is 2.13. The van der Waals surface area contributed by atoms with Crippen LogP contribution in [0.2, 0.25) is 0 Å². The van der Waals surface area contributed by atoms with Crippen molar-refractivity contribution in [1.29, 1.82) is 0 Å². The Morgan fingerprint density at radius 2 is 1.48 bits per heavy atom. The molecule has 0 unspecified atom stereocenters. The van der Waals surface area contributed by atoms with E-state index in [1.807, 2.05) is 6.07 Å². The van der Waals surface area contributed by atoms with E-state index >= 15 is 0 Å². The Kier molecular flexibility index (Phi) is 5.42. The number of hydrogen-bond donors (Lipinski definition) is 2. The van der Waals surface area contributed by atoms with Gasteiger partial charge in [0.25, 0.3) is 0 Å². The number of unbranched alkanes of at least 4 members (excludes halogenated alkanes) is 1. The van der Waals surface area contributed by atoms with Crippen LogP contribution < -0.4 is 5.73 Å². The second-order valence-corrected chi connectivity index (χ2v) is 7.77. The Bertz CT molecular complexity index is 1030. The van der Waals surface area contributed by atoms with Gasteiger partial charge in [-0.25, -0.2) is 0 Å². The van der Waals surface area contributed by atoms with Gasteiger partial charge in [0, 0.05) is 21.1 Å². The molecule has 136 valence electrons. The molecule has 0 fully saturated rings. The molecule has 0 aliphatic rings. The first-order chi connectivity index (χ1) is 13.3. The Balaban J connectivity index is 1.74. The van der Waals surface area contributed by atoms with E-state index in [4.69, 9.17) is 5.73 Å². The second kappa shape index (κ2) is 8.12. The normalized spacial score (nSPS) is 11.2. The Hall–Kier alpha value is -2.36. The molecule has 0 spiro atoms. The lowest BCUT2D eigenvalue weighted by Crippen LogP contribution is -1.99. The summed E-state index contributed by atoms with van der Waals surface area (Å²) >= 11 is 3.62. The molecule has 0 radical (unpaired) electrons. The molecule has 3 heteroatoms. The van der Waals surface area contributed by atoms with Crippen molar-refractivity contribution in [2.45, 2.75) is 19.3 Å². The zero-order chi connectivity index (χ0) is 18.6. The smallest absolute Gasteiger partial charge is 0.0497 e. The number of H-pyrrole nitrogens is 1. The number of aromatic nitrogens is 1. The van der Waals surface area contributed by atoms with Crippen molar-refractivity contribution in [2.75, 3.05) is 6.54 Å². The standard InChI is InChI=1S/C24H23BrN2/c25-20-13-14-23-22(16-20)21(8-4-5-15-26)24(27-23)19-11-9-18(10-12-19)17-6-2-1-3-7-17/h1-3,6-7,9-14,16,27H,4-5,8,15,26H2. The van der Waals surface area contributed by atoms with Gasteiger partial charge in [-0.15, -0.1) is 0 Å². The minimum atomic E-state index is 0.743. The Labute approximate surface area is 168 Å². The summed E-state index contributed by atoms with van der Waals surface area (Å²) in [6, 6.07) is 25.8. The van der Waals surface area contributed by atoms with Gasteiger partial charge in [-0.05, 0) is 66.3 Å². The number of aryl methyl sites for hydroxylation is 1. The van der Waals surface area contributed by atoms with E-state index < -0.39 is 0 Å². The lowest BCUT2D eigenvalue weighted by molar-refractivity contribution is 0.748.